The van der Waals surface area contributed by atoms with Gasteiger partial charge in [-0.25, -0.2) is 0 Å². The molecule has 22 heavy (non-hydrogen) atoms. The summed E-state index contributed by atoms with van der Waals surface area (Å²) in [5, 5.41) is 0. The van der Waals surface area contributed by atoms with Crippen LogP contribution in [0.1, 0.15) is 25.7 Å². The molecule has 0 radical (unpaired) electrons. The normalized spacial score (nSPS) is 10.6. The van der Waals surface area contributed by atoms with E-state index < -0.39 is 0 Å². The van der Waals surface area contributed by atoms with Gasteiger partial charge in [0.05, 0.1) is 0 Å². The molecule has 0 aliphatic carbocycles. The Balaban J connectivity index is -0.00000180. The van der Waals surface area contributed by atoms with Crippen LogP contribution >= 0.6 is 71.2 Å². The predicted octanol–water partition coefficient (Wildman–Crippen LogP) is 4.95. The van der Waals surface area contributed by atoms with Crippen LogP contribution in [-0.2, 0) is 0 Å². The maximum Gasteiger partial charge on any atom is 0.0351 e. The fourth-order valence-electron chi connectivity index (χ4n) is 2.17. The minimum atomic E-state index is 0. The van der Waals surface area contributed by atoms with Crippen molar-refractivity contribution in [1.29, 1.82) is 0 Å². The maximum absolute atomic E-state index is 5.78. The summed E-state index contributed by atoms with van der Waals surface area (Å²) < 4.78 is 0. The number of hydrogen-bond acceptors (Lipinski definition) is 2. The Bertz CT molecular complexity index is 168. The molecular formula is C14H30Cl6N2. The molecule has 0 N–H and O–H groups in total. The molecule has 0 atom stereocenters. The quantitative estimate of drug-likeness (QED) is 0.263. The second kappa shape index (κ2) is 22.7. The SMILES string of the molecule is Cl.Cl.ClCCN(CCCl)CCCCCCN(CCCl)CCCl. The van der Waals surface area contributed by atoms with Crippen LogP contribution in [-0.4, -0.2) is 72.6 Å². The van der Waals surface area contributed by atoms with E-state index in [0.29, 0.717) is 23.5 Å². The number of halogens is 6. The van der Waals surface area contributed by atoms with E-state index in [4.69, 9.17) is 46.4 Å². The smallest absolute Gasteiger partial charge is 0.0351 e. The number of unbranched alkanes of at least 4 members (excludes halogenated alkanes) is 3. The molecule has 0 fully saturated rings. The first-order valence-corrected chi connectivity index (χ1v) is 9.60. The van der Waals surface area contributed by atoms with Crippen molar-refractivity contribution < 1.29 is 0 Å². The fraction of sp³-hybridized carbons (Fsp3) is 1.00. The zero-order chi connectivity index (χ0) is 15.1. The molecule has 0 unspecified atom stereocenters. The lowest BCUT2D eigenvalue weighted by Gasteiger charge is -2.21. The summed E-state index contributed by atoms with van der Waals surface area (Å²) in [6.45, 7) is 5.96. The topological polar surface area (TPSA) is 6.48 Å². The van der Waals surface area contributed by atoms with Crippen molar-refractivity contribution in [1.82, 2.24) is 9.80 Å². The zero-order valence-corrected chi connectivity index (χ0v) is 17.8. The fourth-order valence-corrected chi connectivity index (χ4v) is 3.13. The lowest BCUT2D eigenvalue weighted by molar-refractivity contribution is 0.285. The summed E-state index contributed by atoms with van der Waals surface area (Å²) in [6.07, 6.45) is 4.96. The second-order valence-electron chi connectivity index (χ2n) is 4.85. The molecule has 0 aliphatic rings. The van der Waals surface area contributed by atoms with Gasteiger partial charge in [-0.1, -0.05) is 12.8 Å². The van der Waals surface area contributed by atoms with Crippen molar-refractivity contribution in [2.75, 3.05) is 62.8 Å². The van der Waals surface area contributed by atoms with Crippen molar-refractivity contribution >= 4 is 71.2 Å². The summed E-state index contributed by atoms with van der Waals surface area (Å²) in [4.78, 5) is 4.68. The van der Waals surface area contributed by atoms with Crippen molar-refractivity contribution in [2.24, 2.45) is 0 Å². The van der Waals surface area contributed by atoms with Gasteiger partial charge >= 0.3 is 0 Å². The first-order chi connectivity index (χ1) is 9.78. The third-order valence-electron chi connectivity index (χ3n) is 3.30. The second-order valence-corrected chi connectivity index (χ2v) is 6.37. The van der Waals surface area contributed by atoms with Gasteiger partial charge < -0.3 is 9.80 Å². The Morgan fingerprint density at radius 2 is 0.682 bits per heavy atom. The molecule has 0 aliphatic heterocycles. The predicted molar refractivity (Wildman–Crippen MR) is 109 cm³/mol. The summed E-state index contributed by atoms with van der Waals surface area (Å²) in [5.74, 6) is 2.73. The molecule has 0 aromatic rings. The molecule has 0 amide bonds. The zero-order valence-electron chi connectivity index (χ0n) is 13.1. The van der Waals surface area contributed by atoms with E-state index in [-0.39, 0.29) is 24.8 Å². The van der Waals surface area contributed by atoms with Crippen LogP contribution in [0, 0.1) is 0 Å². The first-order valence-electron chi connectivity index (χ1n) is 7.47. The summed E-state index contributed by atoms with van der Waals surface area (Å²) in [7, 11) is 0. The van der Waals surface area contributed by atoms with Crippen LogP contribution in [0.25, 0.3) is 0 Å². The standard InChI is InChI=1S/C14H28Cl4N2.2ClH/c15-5-11-19(12-6-16)9-3-1-2-4-10-20(13-7-17)14-8-18;;/h1-14H2;2*1H. The van der Waals surface area contributed by atoms with E-state index in [1.165, 1.54) is 25.7 Å². The van der Waals surface area contributed by atoms with E-state index >= 15 is 0 Å². The monoisotopic (exact) mass is 436 g/mol. The highest BCUT2D eigenvalue weighted by Crippen LogP contribution is 2.05. The van der Waals surface area contributed by atoms with Crippen LogP contribution in [0.3, 0.4) is 0 Å². The lowest BCUT2D eigenvalue weighted by Crippen LogP contribution is -2.29. The van der Waals surface area contributed by atoms with Crippen LogP contribution < -0.4 is 0 Å². The molecule has 0 aromatic heterocycles. The third-order valence-corrected chi connectivity index (χ3v) is 3.98. The molecule has 0 heterocycles. The van der Waals surface area contributed by atoms with Crippen LogP contribution in [0.2, 0.25) is 0 Å². The van der Waals surface area contributed by atoms with E-state index in [0.717, 1.165) is 39.3 Å². The Morgan fingerprint density at radius 1 is 0.409 bits per heavy atom. The Labute approximate surface area is 169 Å². The van der Waals surface area contributed by atoms with Gasteiger partial charge in [0.25, 0.3) is 0 Å². The van der Waals surface area contributed by atoms with Gasteiger partial charge in [-0.3, -0.25) is 0 Å². The Morgan fingerprint density at radius 3 is 0.909 bits per heavy atom. The number of hydrogen-bond donors (Lipinski definition) is 0. The first kappa shape index (κ1) is 28.5. The largest absolute Gasteiger partial charge is 0.301 e. The number of alkyl halides is 4. The van der Waals surface area contributed by atoms with Crippen molar-refractivity contribution in [3.8, 4) is 0 Å². The van der Waals surface area contributed by atoms with Crippen LogP contribution in [0.4, 0.5) is 0 Å². The summed E-state index contributed by atoms with van der Waals surface area (Å²) in [6, 6.07) is 0. The molecule has 0 saturated heterocycles. The highest BCUT2D eigenvalue weighted by atomic mass is 35.5. The van der Waals surface area contributed by atoms with Gasteiger partial charge in [0.15, 0.2) is 0 Å². The number of rotatable bonds is 15. The minimum Gasteiger partial charge on any atom is -0.301 e. The van der Waals surface area contributed by atoms with E-state index in [1.54, 1.807) is 0 Å². The third kappa shape index (κ3) is 18.0. The van der Waals surface area contributed by atoms with Gasteiger partial charge in [-0.2, -0.15) is 0 Å². The number of nitrogens with zero attached hydrogens (tertiary/aromatic N) is 2. The molecular weight excluding hydrogens is 409 g/mol. The molecule has 0 spiro atoms. The Hall–Kier alpha value is 1.66. The molecule has 138 valence electrons. The highest BCUT2D eigenvalue weighted by Gasteiger charge is 2.04. The van der Waals surface area contributed by atoms with Crippen molar-refractivity contribution in [2.45, 2.75) is 25.7 Å². The van der Waals surface area contributed by atoms with E-state index in [2.05, 4.69) is 9.80 Å². The molecule has 0 bridgehead atoms. The van der Waals surface area contributed by atoms with Crippen LogP contribution in [0.15, 0.2) is 0 Å². The van der Waals surface area contributed by atoms with E-state index in [1.807, 2.05) is 0 Å². The van der Waals surface area contributed by atoms with Gasteiger partial charge in [0, 0.05) is 49.7 Å². The molecule has 8 heteroatoms. The lowest BCUT2D eigenvalue weighted by atomic mass is 10.2. The van der Waals surface area contributed by atoms with Crippen LogP contribution in [0.5, 0.6) is 0 Å². The average molecular weight is 439 g/mol. The highest BCUT2D eigenvalue weighted by molar-refractivity contribution is 6.18. The average Bonchev–Trinajstić information content (AvgIpc) is 2.43. The van der Waals surface area contributed by atoms with Crippen molar-refractivity contribution in [3.05, 3.63) is 0 Å². The maximum atomic E-state index is 5.78. The molecule has 0 rings (SSSR count). The minimum absolute atomic E-state index is 0. The molecule has 2 nitrogen and oxygen atoms in total. The van der Waals surface area contributed by atoms with E-state index in [9.17, 15) is 0 Å². The Kier molecular flexibility index (Phi) is 29.3. The summed E-state index contributed by atoms with van der Waals surface area (Å²) >= 11 is 23.1. The van der Waals surface area contributed by atoms with Crippen molar-refractivity contribution in [3.63, 3.8) is 0 Å². The molecule has 0 aromatic carbocycles. The summed E-state index contributed by atoms with van der Waals surface area (Å²) in [5.41, 5.74) is 0. The van der Waals surface area contributed by atoms with Gasteiger partial charge in [0.1, 0.15) is 0 Å². The van der Waals surface area contributed by atoms with Gasteiger partial charge in [0.2, 0.25) is 0 Å². The molecule has 0 saturated carbocycles. The van der Waals surface area contributed by atoms with Gasteiger partial charge in [-0.05, 0) is 25.9 Å². The van der Waals surface area contributed by atoms with Gasteiger partial charge in [-0.15, -0.1) is 71.2 Å².